The molecule has 4 nitrogen and oxygen atoms in total. The minimum Gasteiger partial charge on any atom is -0.486 e. The Labute approximate surface area is 101 Å². The highest BCUT2D eigenvalue weighted by Gasteiger charge is 2.42. The summed E-state index contributed by atoms with van der Waals surface area (Å²) in [7, 11) is 0. The number of nitrogens with two attached hydrogens (primary N) is 1. The van der Waals surface area contributed by atoms with Gasteiger partial charge in [0.25, 0.3) is 0 Å². The van der Waals surface area contributed by atoms with E-state index in [-0.39, 0.29) is 5.56 Å². The average molecular weight is 263 g/mol. The normalized spacial score (nSPS) is 18.3. The zero-order valence-corrected chi connectivity index (χ0v) is 9.28. The summed E-state index contributed by atoms with van der Waals surface area (Å²) >= 11 is 0. The summed E-state index contributed by atoms with van der Waals surface area (Å²) in [4.78, 5) is 0. The van der Waals surface area contributed by atoms with Crippen molar-refractivity contribution in [2.75, 3.05) is 13.2 Å². The number of aliphatic hydroxyl groups excluding tert-OH is 1. The zero-order valence-electron chi connectivity index (χ0n) is 9.28. The number of fused-ring (bicyclic) bond motifs is 1. The average Bonchev–Trinajstić information content (AvgIpc) is 2.35. The maximum atomic E-state index is 12.3. The van der Waals surface area contributed by atoms with Crippen molar-refractivity contribution in [2.45, 2.75) is 18.3 Å². The molecule has 100 valence electrons. The van der Waals surface area contributed by atoms with Gasteiger partial charge in [-0.2, -0.15) is 13.2 Å². The van der Waals surface area contributed by atoms with E-state index in [1.54, 1.807) is 0 Å². The molecule has 0 radical (unpaired) electrons. The number of hydrogen-bond donors (Lipinski definition) is 2. The summed E-state index contributed by atoms with van der Waals surface area (Å²) in [6.45, 7) is 0.719. The van der Waals surface area contributed by atoms with Gasteiger partial charge in [-0.1, -0.05) is 6.07 Å². The highest BCUT2D eigenvalue weighted by molar-refractivity contribution is 5.44. The van der Waals surface area contributed by atoms with Crippen LogP contribution < -0.4 is 15.2 Å². The largest absolute Gasteiger partial charge is 0.486 e. The van der Waals surface area contributed by atoms with E-state index in [1.165, 1.54) is 18.2 Å². The maximum absolute atomic E-state index is 12.3. The number of rotatable bonds is 2. The van der Waals surface area contributed by atoms with Crippen molar-refractivity contribution in [1.29, 1.82) is 0 Å². The molecule has 1 aromatic rings. The molecule has 1 aromatic carbocycles. The Bertz CT molecular complexity index is 436. The Morgan fingerprint density at radius 1 is 1.17 bits per heavy atom. The lowest BCUT2D eigenvalue weighted by molar-refractivity contribution is -0.210. The molecular weight excluding hydrogens is 251 g/mol. The van der Waals surface area contributed by atoms with Crippen LogP contribution >= 0.6 is 0 Å². The van der Waals surface area contributed by atoms with Gasteiger partial charge in [-0.15, -0.1) is 0 Å². The number of ether oxygens (including phenoxy) is 2. The minimum atomic E-state index is -4.76. The second kappa shape index (κ2) is 4.66. The van der Waals surface area contributed by atoms with Gasteiger partial charge < -0.3 is 20.3 Å². The first-order valence-electron chi connectivity index (χ1n) is 5.29. The van der Waals surface area contributed by atoms with Crippen LogP contribution in [0.5, 0.6) is 11.5 Å². The minimum absolute atomic E-state index is 0.143. The van der Waals surface area contributed by atoms with Crippen molar-refractivity contribution in [1.82, 2.24) is 0 Å². The number of hydrogen-bond acceptors (Lipinski definition) is 4. The highest BCUT2D eigenvalue weighted by atomic mass is 19.4. The van der Waals surface area contributed by atoms with Crippen molar-refractivity contribution >= 4 is 0 Å². The summed E-state index contributed by atoms with van der Waals surface area (Å²) < 4.78 is 47.5. The van der Waals surface area contributed by atoms with Crippen LogP contribution in [-0.4, -0.2) is 30.6 Å². The van der Waals surface area contributed by atoms with Crippen molar-refractivity contribution in [3.63, 3.8) is 0 Å². The summed E-state index contributed by atoms with van der Waals surface area (Å²) in [5.74, 6) is 0.794. The van der Waals surface area contributed by atoms with Crippen LogP contribution in [0.3, 0.4) is 0 Å². The molecule has 2 atom stereocenters. The molecule has 0 spiro atoms. The third-order valence-corrected chi connectivity index (χ3v) is 2.63. The number of halogens is 3. The second-order valence-electron chi connectivity index (χ2n) is 3.92. The lowest BCUT2D eigenvalue weighted by Crippen LogP contribution is -2.38. The highest BCUT2D eigenvalue weighted by Crippen LogP contribution is 2.35. The van der Waals surface area contributed by atoms with Gasteiger partial charge in [0.15, 0.2) is 17.6 Å². The van der Waals surface area contributed by atoms with Gasteiger partial charge >= 0.3 is 6.18 Å². The Morgan fingerprint density at radius 2 is 1.78 bits per heavy atom. The molecule has 2 rings (SSSR count). The maximum Gasteiger partial charge on any atom is 0.416 e. The third kappa shape index (κ3) is 2.51. The van der Waals surface area contributed by atoms with Gasteiger partial charge in [-0.25, -0.2) is 0 Å². The molecule has 0 aromatic heterocycles. The van der Waals surface area contributed by atoms with E-state index in [0.717, 1.165) is 0 Å². The molecular formula is C11H12F3NO3. The Hall–Kier alpha value is -1.47. The summed E-state index contributed by atoms with van der Waals surface area (Å²) in [5, 5.41) is 9.09. The smallest absolute Gasteiger partial charge is 0.416 e. The summed E-state index contributed by atoms with van der Waals surface area (Å²) in [6.07, 6.45) is -7.37. The lowest BCUT2D eigenvalue weighted by atomic mass is 10.0. The fourth-order valence-electron chi connectivity index (χ4n) is 1.65. The molecule has 0 saturated heterocycles. The van der Waals surface area contributed by atoms with Crippen LogP contribution in [0.1, 0.15) is 11.6 Å². The fourth-order valence-corrected chi connectivity index (χ4v) is 1.65. The van der Waals surface area contributed by atoms with Crippen molar-refractivity contribution in [2.24, 2.45) is 5.73 Å². The van der Waals surface area contributed by atoms with Crippen molar-refractivity contribution < 1.29 is 27.8 Å². The van der Waals surface area contributed by atoms with Gasteiger partial charge in [0.2, 0.25) is 0 Å². The van der Waals surface area contributed by atoms with Crippen molar-refractivity contribution in [3.8, 4) is 11.5 Å². The van der Waals surface area contributed by atoms with Crippen LogP contribution in [0.4, 0.5) is 13.2 Å². The molecule has 0 fully saturated rings. The molecule has 0 saturated carbocycles. The number of alkyl halides is 3. The van der Waals surface area contributed by atoms with Crippen molar-refractivity contribution in [3.05, 3.63) is 23.8 Å². The number of benzene rings is 1. The van der Waals surface area contributed by atoms with Crippen LogP contribution in [0.25, 0.3) is 0 Å². The topological polar surface area (TPSA) is 64.7 Å². The monoisotopic (exact) mass is 263 g/mol. The fraction of sp³-hybridized carbons (Fsp3) is 0.455. The molecule has 18 heavy (non-hydrogen) atoms. The van der Waals surface area contributed by atoms with Gasteiger partial charge in [0, 0.05) is 0 Å². The molecule has 7 heteroatoms. The van der Waals surface area contributed by atoms with E-state index < -0.39 is 18.3 Å². The Morgan fingerprint density at radius 3 is 2.39 bits per heavy atom. The molecule has 1 aliphatic rings. The van der Waals surface area contributed by atoms with E-state index in [1.807, 2.05) is 0 Å². The Kier molecular flexibility index (Phi) is 3.36. The Balaban J connectivity index is 2.23. The first kappa shape index (κ1) is 13.0. The van der Waals surface area contributed by atoms with Crippen LogP contribution in [0.15, 0.2) is 18.2 Å². The van der Waals surface area contributed by atoms with Crippen LogP contribution in [0.2, 0.25) is 0 Å². The second-order valence-corrected chi connectivity index (χ2v) is 3.92. The first-order valence-corrected chi connectivity index (χ1v) is 5.29. The number of aliphatic hydroxyl groups is 1. The van der Waals surface area contributed by atoms with E-state index in [4.69, 9.17) is 20.3 Å². The van der Waals surface area contributed by atoms with Gasteiger partial charge in [-0.05, 0) is 17.7 Å². The van der Waals surface area contributed by atoms with Gasteiger partial charge in [0.05, 0.1) is 6.04 Å². The van der Waals surface area contributed by atoms with E-state index in [2.05, 4.69) is 0 Å². The lowest BCUT2D eigenvalue weighted by Gasteiger charge is -2.24. The molecule has 1 heterocycles. The SMILES string of the molecule is N[C@@H](c1ccc2c(c1)OCCO2)[C@H](O)C(F)(F)F. The zero-order chi connectivity index (χ0) is 13.3. The third-order valence-electron chi connectivity index (χ3n) is 2.63. The van der Waals surface area contributed by atoms with Gasteiger partial charge in [-0.3, -0.25) is 0 Å². The molecule has 1 aliphatic heterocycles. The predicted octanol–water partition coefficient (Wildman–Crippen LogP) is 1.38. The molecule has 0 bridgehead atoms. The van der Waals surface area contributed by atoms with Crippen LogP contribution in [-0.2, 0) is 0 Å². The first-order chi connectivity index (χ1) is 8.39. The van der Waals surface area contributed by atoms with E-state index >= 15 is 0 Å². The molecule has 0 amide bonds. The standard InChI is InChI=1S/C11H12F3NO3/c12-11(13,14)10(16)9(15)6-1-2-7-8(5-6)18-4-3-17-7/h1-2,5,9-10,16H,3-4,15H2/t9-,10-/m0/s1. The summed E-state index contributed by atoms with van der Waals surface area (Å²) in [5.41, 5.74) is 5.53. The molecule has 0 aliphatic carbocycles. The quantitative estimate of drug-likeness (QED) is 0.846. The van der Waals surface area contributed by atoms with Crippen LogP contribution in [0, 0.1) is 0 Å². The van der Waals surface area contributed by atoms with Gasteiger partial charge in [0.1, 0.15) is 13.2 Å². The van der Waals surface area contributed by atoms with E-state index in [0.29, 0.717) is 24.7 Å². The predicted molar refractivity (Wildman–Crippen MR) is 56.4 cm³/mol. The van der Waals surface area contributed by atoms with E-state index in [9.17, 15) is 13.2 Å². The molecule has 3 N–H and O–H groups in total. The molecule has 0 unspecified atom stereocenters. The summed E-state index contributed by atoms with van der Waals surface area (Å²) in [6, 6.07) is 2.66.